The first-order valence-corrected chi connectivity index (χ1v) is 8.17. The van der Waals surface area contributed by atoms with Crippen molar-refractivity contribution in [2.24, 2.45) is 0 Å². The van der Waals surface area contributed by atoms with Gasteiger partial charge in [-0.15, -0.1) is 3.98 Å². The Balaban J connectivity index is 2.19. The van der Waals surface area contributed by atoms with Gasteiger partial charge in [-0.1, -0.05) is 23.7 Å². The molecule has 2 rings (SSSR count). The van der Waals surface area contributed by atoms with E-state index < -0.39 is 21.8 Å². The molecular formula is C15H12ClF3NO2S+. The number of sulfonamides is 1. The third kappa shape index (κ3) is 4.11. The molecule has 0 unspecified atom stereocenters. The SMILES string of the molecule is C=[N+](Cc1ccc(C(F)(F)F)cc1)S(=O)(=O)c1ccc(Cl)cc1. The van der Waals surface area contributed by atoms with Gasteiger partial charge in [-0.3, -0.25) is 0 Å². The Morgan fingerprint density at radius 3 is 2.00 bits per heavy atom. The van der Waals surface area contributed by atoms with Crippen LogP contribution in [0.4, 0.5) is 13.2 Å². The molecule has 122 valence electrons. The minimum Gasteiger partial charge on any atom is -0.166 e. The fraction of sp³-hybridized carbons (Fsp3) is 0.133. The number of benzene rings is 2. The Kier molecular flexibility index (Phi) is 4.81. The predicted molar refractivity (Wildman–Crippen MR) is 81.2 cm³/mol. The Hall–Kier alpha value is -1.86. The third-order valence-corrected chi connectivity index (χ3v) is 5.02. The molecule has 0 saturated heterocycles. The topological polar surface area (TPSA) is 37.1 Å². The summed E-state index contributed by atoms with van der Waals surface area (Å²) in [6.07, 6.45) is -4.43. The van der Waals surface area contributed by atoms with Gasteiger partial charge in [0.2, 0.25) is 0 Å². The highest BCUT2D eigenvalue weighted by Crippen LogP contribution is 2.29. The Bertz CT molecular complexity index is 813. The monoisotopic (exact) mass is 362 g/mol. The zero-order chi connectivity index (χ0) is 17.3. The van der Waals surface area contributed by atoms with Crippen molar-refractivity contribution in [3.63, 3.8) is 0 Å². The van der Waals surface area contributed by atoms with Crippen LogP contribution in [-0.2, 0) is 22.7 Å². The van der Waals surface area contributed by atoms with Crippen molar-refractivity contribution in [3.05, 3.63) is 64.7 Å². The summed E-state index contributed by atoms with van der Waals surface area (Å²) in [7, 11) is -3.85. The van der Waals surface area contributed by atoms with Crippen LogP contribution < -0.4 is 0 Å². The fourth-order valence-corrected chi connectivity index (χ4v) is 3.07. The zero-order valence-corrected chi connectivity index (χ0v) is 13.3. The normalized spacial score (nSPS) is 12.2. The number of hydrogen-bond acceptors (Lipinski definition) is 2. The molecule has 0 spiro atoms. The predicted octanol–water partition coefficient (Wildman–Crippen LogP) is 3.96. The van der Waals surface area contributed by atoms with Crippen molar-refractivity contribution < 1.29 is 25.6 Å². The van der Waals surface area contributed by atoms with Crippen LogP contribution >= 0.6 is 11.6 Å². The van der Waals surface area contributed by atoms with Gasteiger partial charge < -0.3 is 0 Å². The molecule has 0 heterocycles. The quantitative estimate of drug-likeness (QED) is 0.610. The number of alkyl halides is 3. The van der Waals surface area contributed by atoms with Crippen LogP contribution in [0.5, 0.6) is 0 Å². The van der Waals surface area contributed by atoms with E-state index >= 15 is 0 Å². The van der Waals surface area contributed by atoms with Crippen molar-refractivity contribution in [3.8, 4) is 0 Å². The second kappa shape index (κ2) is 6.33. The van der Waals surface area contributed by atoms with Gasteiger partial charge in [0.25, 0.3) is 0 Å². The third-order valence-electron chi connectivity index (χ3n) is 3.09. The molecule has 2 aromatic carbocycles. The lowest BCUT2D eigenvalue weighted by Crippen LogP contribution is -2.19. The number of nitrogens with zero attached hydrogens (tertiary/aromatic N) is 1. The lowest BCUT2D eigenvalue weighted by Gasteiger charge is -2.07. The van der Waals surface area contributed by atoms with Crippen LogP contribution in [-0.4, -0.2) is 19.1 Å². The van der Waals surface area contributed by atoms with Crippen molar-refractivity contribution >= 4 is 28.3 Å². The summed E-state index contributed by atoms with van der Waals surface area (Å²) in [6, 6.07) is 9.78. The van der Waals surface area contributed by atoms with E-state index in [2.05, 4.69) is 6.72 Å². The number of rotatable bonds is 4. The van der Waals surface area contributed by atoms with Crippen LogP contribution in [0.15, 0.2) is 53.4 Å². The summed E-state index contributed by atoms with van der Waals surface area (Å²) in [5, 5.41) is 0.391. The maximum Gasteiger partial charge on any atom is 0.416 e. The molecule has 2 aromatic rings. The molecule has 0 aliphatic carbocycles. The number of halogens is 4. The first-order chi connectivity index (χ1) is 10.6. The molecular weight excluding hydrogens is 351 g/mol. The minimum absolute atomic E-state index is 0.00353. The summed E-state index contributed by atoms with van der Waals surface area (Å²) >= 11 is 5.71. The fourth-order valence-electron chi connectivity index (χ4n) is 1.84. The molecule has 0 fully saturated rings. The summed E-state index contributed by atoms with van der Waals surface area (Å²) in [5.41, 5.74) is -0.400. The molecule has 0 aliphatic heterocycles. The largest absolute Gasteiger partial charge is 0.416 e. The summed E-state index contributed by atoms with van der Waals surface area (Å²) in [5.74, 6) is 0. The maximum atomic E-state index is 12.5. The van der Waals surface area contributed by atoms with Crippen LogP contribution in [0.3, 0.4) is 0 Å². The molecule has 0 saturated carbocycles. The molecule has 8 heteroatoms. The highest BCUT2D eigenvalue weighted by molar-refractivity contribution is 7.85. The van der Waals surface area contributed by atoms with Crippen LogP contribution in [0.2, 0.25) is 5.02 Å². The first-order valence-electron chi connectivity index (χ1n) is 6.35. The van der Waals surface area contributed by atoms with Crippen molar-refractivity contribution in [1.82, 2.24) is 0 Å². The van der Waals surface area contributed by atoms with Gasteiger partial charge >= 0.3 is 16.2 Å². The van der Waals surface area contributed by atoms with Gasteiger partial charge in [-0.05, 0) is 36.4 Å². The molecule has 0 radical (unpaired) electrons. The van der Waals surface area contributed by atoms with Crippen molar-refractivity contribution in [1.29, 1.82) is 0 Å². The molecule has 0 aliphatic rings. The van der Waals surface area contributed by atoms with Gasteiger partial charge in [-0.2, -0.15) is 21.6 Å². The lowest BCUT2D eigenvalue weighted by molar-refractivity contribution is -0.374. The Labute approximate surface area is 136 Å². The van der Waals surface area contributed by atoms with Gasteiger partial charge in [-0.25, -0.2) is 0 Å². The average molecular weight is 363 g/mol. The molecule has 0 atom stereocenters. The molecule has 0 bridgehead atoms. The van der Waals surface area contributed by atoms with Crippen LogP contribution in [0.25, 0.3) is 0 Å². The van der Waals surface area contributed by atoms with E-state index in [-0.39, 0.29) is 11.4 Å². The van der Waals surface area contributed by atoms with Crippen molar-refractivity contribution in [2.45, 2.75) is 17.6 Å². The highest BCUT2D eigenvalue weighted by atomic mass is 35.5. The van der Waals surface area contributed by atoms with E-state index in [1.165, 1.54) is 36.4 Å². The van der Waals surface area contributed by atoms with E-state index in [1.54, 1.807) is 0 Å². The van der Waals surface area contributed by atoms with E-state index in [0.29, 0.717) is 10.6 Å². The van der Waals surface area contributed by atoms with E-state index in [0.717, 1.165) is 16.1 Å². The molecule has 0 aromatic heterocycles. The van der Waals surface area contributed by atoms with Gasteiger partial charge in [0.05, 0.1) is 5.56 Å². The smallest absolute Gasteiger partial charge is 0.166 e. The van der Waals surface area contributed by atoms with Gasteiger partial charge in [0.1, 0.15) is 11.6 Å². The Morgan fingerprint density at radius 2 is 1.52 bits per heavy atom. The molecule has 0 N–H and O–H groups in total. The van der Waals surface area contributed by atoms with E-state index in [9.17, 15) is 21.6 Å². The second-order valence-electron chi connectivity index (χ2n) is 4.76. The van der Waals surface area contributed by atoms with Gasteiger partial charge in [0.15, 0.2) is 6.54 Å². The van der Waals surface area contributed by atoms with E-state index in [4.69, 9.17) is 11.6 Å². The van der Waals surface area contributed by atoms with E-state index in [1.807, 2.05) is 0 Å². The van der Waals surface area contributed by atoms with Crippen LogP contribution in [0, 0.1) is 0 Å². The second-order valence-corrected chi connectivity index (χ2v) is 7.14. The lowest BCUT2D eigenvalue weighted by atomic mass is 10.1. The highest BCUT2D eigenvalue weighted by Gasteiger charge is 2.30. The summed E-state index contributed by atoms with van der Waals surface area (Å²) < 4.78 is 62.9. The average Bonchev–Trinajstić information content (AvgIpc) is 2.47. The maximum absolute atomic E-state index is 12.5. The molecule has 0 amide bonds. The minimum atomic E-state index is -4.43. The number of hydrogen-bond donors (Lipinski definition) is 0. The van der Waals surface area contributed by atoms with Crippen molar-refractivity contribution in [2.75, 3.05) is 0 Å². The summed E-state index contributed by atoms with van der Waals surface area (Å²) in [4.78, 5) is 0.00353. The molecule has 3 nitrogen and oxygen atoms in total. The molecule has 23 heavy (non-hydrogen) atoms. The zero-order valence-electron chi connectivity index (χ0n) is 11.7. The summed E-state index contributed by atoms with van der Waals surface area (Å²) in [6.45, 7) is 3.32. The Morgan fingerprint density at radius 1 is 1.00 bits per heavy atom. The van der Waals surface area contributed by atoms with Gasteiger partial charge in [0, 0.05) is 10.6 Å². The first kappa shape index (κ1) is 17.5. The standard InChI is InChI=1S/C15H12ClF3NO2S/c1-20(23(21,22)14-8-6-13(16)7-9-14)10-11-2-4-12(5-3-11)15(17,18)19/h2-9H,1,10H2/q+1. The van der Waals surface area contributed by atoms with Crippen LogP contribution in [0.1, 0.15) is 11.1 Å².